The normalized spacial score (nSPS) is 25.4. The molecule has 2 unspecified atom stereocenters. The molecule has 5 nitrogen and oxygen atoms in total. The summed E-state index contributed by atoms with van der Waals surface area (Å²) in [5.41, 5.74) is 0.300. The van der Waals surface area contributed by atoms with E-state index in [1.165, 1.54) is 6.20 Å². The number of carbonyl (C=O) groups is 1. The van der Waals surface area contributed by atoms with Gasteiger partial charge in [-0.3, -0.25) is 9.78 Å². The molecular formula is C18H17FN2O3. The third-order valence-electron chi connectivity index (χ3n) is 5.13. The van der Waals surface area contributed by atoms with E-state index in [1.54, 1.807) is 11.0 Å². The predicted molar refractivity (Wildman–Crippen MR) is 85.6 cm³/mol. The van der Waals surface area contributed by atoms with Gasteiger partial charge in [0.15, 0.2) is 5.82 Å². The van der Waals surface area contributed by atoms with Crippen molar-refractivity contribution >= 4 is 11.7 Å². The van der Waals surface area contributed by atoms with E-state index < -0.39 is 17.2 Å². The van der Waals surface area contributed by atoms with E-state index in [9.17, 15) is 14.3 Å². The first-order chi connectivity index (χ1) is 11.6. The largest absolute Gasteiger partial charge is 0.493 e. The lowest BCUT2D eigenvalue weighted by Gasteiger charge is -2.27. The van der Waals surface area contributed by atoms with Gasteiger partial charge in [-0.15, -0.1) is 0 Å². The Bertz CT molecular complexity index is 797. The number of carboxylic acids is 1. The van der Waals surface area contributed by atoms with Crippen LogP contribution in [0.2, 0.25) is 0 Å². The Morgan fingerprint density at radius 3 is 3.00 bits per heavy atom. The third kappa shape index (κ3) is 2.21. The van der Waals surface area contributed by atoms with Crippen LogP contribution in [-0.2, 0) is 11.2 Å². The van der Waals surface area contributed by atoms with Crippen LogP contribution in [0.3, 0.4) is 0 Å². The number of ether oxygens (including phenoxy) is 1. The van der Waals surface area contributed by atoms with Crippen LogP contribution in [0.25, 0.3) is 0 Å². The number of para-hydroxylation sites is 1. The zero-order valence-electron chi connectivity index (χ0n) is 13.0. The summed E-state index contributed by atoms with van der Waals surface area (Å²) < 4.78 is 19.9. The molecule has 24 heavy (non-hydrogen) atoms. The van der Waals surface area contributed by atoms with Gasteiger partial charge >= 0.3 is 5.97 Å². The van der Waals surface area contributed by atoms with Gasteiger partial charge < -0.3 is 14.7 Å². The summed E-state index contributed by atoms with van der Waals surface area (Å²) in [6.07, 6.45) is 3.06. The van der Waals surface area contributed by atoms with E-state index in [0.717, 1.165) is 17.5 Å². The topological polar surface area (TPSA) is 62.7 Å². The van der Waals surface area contributed by atoms with Crippen molar-refractivity contribution in [1.82, 2.24) is 4.98 Å². The summed E-state index contributed by atoms with van der Waals surface area (Å²) in [6.45, 7) is 1.01. The summed E-state index contributed by atoms with van der Waals surface area (Å²) in [5.74, 6) is -0.760. The lowest BCUT2D eigenvalue weighted by atomic mass is 9.74. The van der Waals surface area contributed by atoms with Gasteiger partial charge in [-0.2, -0.15) is 0 Å². The number of benzene rings is 1. The average Bonchev–Trinajstić information content (AvgIpc) is 2.86. The quantitative estimate of drug-likeness (QED) is 0.917. The van der Waals surface area contributed by atoms with Crippen molar-refractivity contribution in [3.8, 4) is 5.75 Å². The predicted octanol–water partition coefficient (Wildman–Crippen LogP) is 2.36. The molecule has 1 aromatic carbocycles. The molecule has 2 aliphatic rings. The van der Waals surface area contributed by atoms with Crippen molar-refractivity contribution in [3.63, 3.8) is 0 Å². The number of anilines is 1. The first kappa shape index (κ1) is 14.9. The van der Waals surface area contributed by atoms with E-state index in [0.29, 0.717) is 25.3 Å². The van der Waals surface area contributed by atoms with Gasteiger partial charge in [0.25, 0.3) is 0 Å². The van der Waals surface area contributed by atoms with Gasteiger partial charge in [0.1, 0.15) is 5.75 Å². The summed E-state index contributed by atoms with van der Waals surface area (Å²) >= 11 is 0. The van der Waals surface area contributed by atoms with Crippen LogP contribution < -0.4 is 9.64 Å². The van der Waals surface area contributed by atoms with Gasteiger partial charge in [-0.25, -0.2) is 4.39 Å². The first-order valence-corrected chi connectivity index (χ1v) is 7.89. The van der Waals surface area contributed by atoms with E-state index in [2.05, 4.69) is 4.98 Å². The van der Waals surface area contributed by atoms with Gasteiger partial charge in [-0.1, -0.05) is 18.2 Å². The Hall–Kier alpha value is -2.63. The monoisotopic (exact) mass is 328 g/mol. The lowest BCUT2D eigenvalue weighted by Crippen LogP contribution is -2.42. The van der Waals surface area contributed by atoms with Gasteiger partial charge in [0.05, 0.1) is 23.9 Å². The molecule has 124 valence electrons. The molecule has 1 N–H and O–H groups in total. The van der Waals surface area contributed by atoms with Crippen LogP contribution in [0, 0.1) is 17.2 Å². The molecule has 2 aromatic rings. The Kier molecular flexibility index (Phi) is 3.40. The van der Waals surface area contributed by atoms with E-state index >= 15 is 0 Å². The number of fused-ring (bicyclic) bond motifs is 2. The molecule has 1 saturated heterocycles. The van der Waals surface area contributed by atoms with Gasteiger partial charge in [-0.05, 0) is 24.1 Å². The number of pyridine rings is 1. The molecule has 1 fully saturated rings. The number of carboxylic acid groups (broad SMARTS) is 1. The van der Waals surface area contributed by atoms with Crippen molar-refractivity contribution in [1.29, 1.82) is 0 Å². The number of hydrogen-bond acceptors (Lipinski definition) is 4. The van der Waals surface area contributed by atoms with Crippen molar-refractivity contribution < 1.29 is 19.0 Å². The van der Waals surface area contributed by atoms with Crippen LogP contribution in [0.1, 0.15) is 5.56 Å². The molecule has 0 amide bonds. The molecule has 0 bridgehead atoms. The highest BCUT2D eigenvalue weighted by Crippen LogP contribution is 2.45. The number of aliphatic carboxylic acids is 1. The Morgan fingerprint density at radius 1 is 1.38 bits per heavy atom. The van der Waals surface area contributed by atoms with Crippen LogP contribution in [0.5, 0.6) is 5.75 Å². The molecule has 1 aromatic heterocycles. The Morgan fingerprint density at radius 2 is 2.21 bits per heavy atom. The van der Waals surface area contributed by atoms with Gasteiger partial charge in [0.2, 0.25) is 0 Å². The molecule has 0 aliphatic carbocycles. The first-order valence-electron chi connectivity index (χ1n) is 7.89. The maximum atomic E-state index is 14.1. The minimum absolute atomic E-state index is 0.213. The molecule has 6 heteroatoms. The van der Waals surface area contributed by atoms with Crippen LogP contribution in [0.4, 0.5) is 10.1 Å². The second kappa shape index (κ2) is 5.47. The van der Waals surface area contributed by atoms with Crippen molar-refractivity contribution in [2.45, 2.75) is 6.42 Å². The van der Waals surface area contributed by atoms with Crippen LogP contribution in [-0.4, -0.2) is 35.8 Å². The summed E-state index contributed by atoms with van der Waals surface area (Å²) in [7, 11) is 0. The number of rotatable bonds is 2. The number of halogens is 1. The minimum atomic E-state index is -0.984. The number of hydrogen-bond donors (Lipinski definition) is 1. The number of nitrogens with zero attached hydrogens (tertiary/aromatic N) is 2. The van der Waals surface area contributed by atoms with E-state index in [-0.39, 0.29) is 12.5 Å². The fourth-order valence-electron chi connectivity index (χ4n) is 3.83. The smallest absolute Gasteiger partial charge is 0.312 e. The van der Waals surface area contributed by atoms with Crippen molar-refractivity contribution in [2.24, 2.45) is 11.3 Å². The molecule has 0 radical (unpaired) electrons. The molecule has 0 spiro atoms. The SMILES string of the molecule is O=C(O)C12Cc3ccccc3OCC1CN(c1ccncc1F)C2. The zero-order chi connectivity index (χ0) is 16.7. The summed E-state index contributed by atoms with van der Waals surface area (Å²) in [5, 5.41) is 10.00. The molecule has 2 aliphatic heterocycles. The third-order valence-corrected chi connectivity index (χ3v) is 5.13. The highest BCUT2D eigenvalue weighted by molar-refractivity contribution is 5.78. The summed E-state index contributed by atoms with van der Waals surface area (Å²) in [4.78, 5) is 17.8. The minimum Gasteiger partial charge on any atom is -0.493 e. The van der Waals surface area contributed by atoms with Crippen molar-refractivity contribution in [3.05, 3.63) is 54.1 Å². The highest BCUT2D eigenvalue weighted by Gasteiger charge is 2.54. The summed E-state index contributed by atoms with van der Waals surface area (Å²) in [6, 6.07) is 9.12. The fraction of sp³-hybridized carbons (Fsp3) is 0.333. The fourth-order valence-corrected chi connectivity index (χ4v) is 3.83. The van der Waals surface area contributed by atoms with Crippen LogP contribution in [0.15, 0.2) is 42.7 Å². The number of aromatic nitrogens is 1. The molecule has 0 saturated carbocycles. The maximum Gasteiger partial charge on any atom is 0.312 e. The standard InChI is InChI=1S/C18H17FN2O3/c19-14-8-20-6-5-15(14)21-9-13-10-24-16-4-2-1-3-12(16)7-18(13,11-21)17(22)23/h1-6,8,13H,7,9-11H2,(H,22,23). The van der Waals surface area contributed by atoms with E-state index in [1.807, 2.05) is 24.3 Å². The molecule has 4 rings (SSSR count). The molecule has 2 atom stereocenters. The van der Waals surface area contributed by atoms with Gasteiger partial charge in [0, 0.05) is 25.2 Å². The molecule has 3 heterocycles. The van der Waals surface area contributed by atoms with Crippen molar-refractivity contribution in [2.75, 3.05) is 24.6 Å². The second-order valence-corrected chi connectivity index (χ2v) is 6.46. The average molecular weight is 328 g/mol. The highest BCUT2D eigenvalue weighted by atomic mass is 19.1. The second-order valence-electron chi connectivity index (χ2n) is 6.46. The molecular weight excluding hydrogens is 311 g/mol. The van der Waals surface area contributed by atoms with Crippen LogP contribution >= 0.6 is 0 Å². The van der Waals surface area contributed by atoms with E-state index in [4.69, 9.17) is 4.74 Å². The lowest BCUT2D eigenvalue weighted by molar-refractivity contribution is -0.150. The Balaban J connectivity index is 1.73. The zero-order valence-corrected chi connectivity index (χ0v) is 13.0. The Labute approximate surface area is 138 Å². The maximum absolute atomic E-state index is 14.1.